The summed E-state index contributed by atoms with van der Waals surface area (Å²) in [6.45, 7) is 1.64. The van der Waals surface area contributed by atoms with Crippen LogP contribution in [0.5, 0.6) is 0 Å². The smallest absolute Gasteiger partial charge is 0.253 e. The van der Waals surface area contributed by atoms with Crippen LogP contribution in [-0.2, 0) is 11.3 Å². The van der Waals surface area contributed by atoms with Crippen molar-refractivity contribution in [3.8, 4) is 0 Å². The molecule has 2 unspecified atom stereocenters. The summed E-state index contributed by atoms with van der Waals surface area (Å²) in [5, 5.41) is 9.36. The van der Waals surface area contributed by atoms with Gasteiger partial charge in [-0.2, -0.15) is 0 Å². The number of methoxy groups -OCH3 is 1. The third-order valence-electron chi connectivity index (χ3n) is 8.03. The minimum Gasteiger partial charge on any atom is -0.385 e. The predicted molar refractivity (Wildman–Crippen MR) is 162 cm³/mol. The number of rotatable bonds is 12. The van der Waals surface area contributed by atoms with Gasteiger partial charge in [-0.05, 0) is 68.0 Å². The lowest BCUT2D eigenvalue weighted by Crippen LogP contribution is -2.50. The first kappa shape index (κ1) is 29.1. The third kappa shape index (κ3) is 6.88. The average Bonchev–Trinajstić information content (AvgIpc) is 3.28. The number of piperidine rings is 1. The third-order valence-corrected chi connectivity index (χ3v) is 8.03. The zero-order valence-corrected chi connectivity index (χ0v) is 23.8. The molecule has 2 aliphatic heterocycles. The number of pyridine rings is 1. The van der Waals surface area contributed by atoms with Crippen molar-refractivity contribution in [3.63, 3.8) is 0 Å². The molecule has 42 heavy (non-hydrogen) atoms. The van der Waals surface area contributed by atoms with Crippen molar-refractivity contribution in [2.75, 3.05) is 30.5 Å². The van der Waals surface area contributed by atoms with Gasteiger partial charge in [-0.3, -0.25) is 14.4 Å². The zero-order chi connectivity index (χ0) is 29.5. The predicted octanol–water partition coefficient (Wildman–Crippen LogP) is 3.49. The number of ether oxygens (including phenoxy) is 1. The van der Waals surface area contributed by atoms with E-state index in [9.17, 15) is 14.4 Å². The quantitative estimate of drug-likeness (QED) is 0.245. The minimum absolute atomic E-state index is 0.0308. The molecule has 10 nitrogen and oxygen atoms in total. The summed E-state index contributed by atoms with van der Waals surface area (Å²) in [7, 11) is 1.64. The molecule has 2 atom stereocenters. The van der Waals surface area contributed by atoms with Crippen molar-refractivity contribution in [1.82, 2.24) is 15.6 Å². The monoisotopic (exact) mass is 570 g/mol. The van der Waals surface area contributed by atoms with E-state index < -0.39 is 5.91 Å². The van der Waals surface area contributed by atoms with Crippen LogP contribution >= 0.6 is 0 Å². The lowest BCUT2D eigenvalue weighted by Gasteiger charge is -2.40. The number of nitrogens with two attached hydrogens (primary N) is 1. The number of carbonyl (C=O) groups excluding carboxylic acids is 3. The highest BCUT2D eigenvalue weighted by atomic mass is 16.5. The van der Waals surface area contributed by atoms with E-state index in [2.05, 4.69) is 25.8 Å². The number of anilines is 2. The maximum Gasteiger partial charge on any atom is 0.253 e. The molecule has 5 rings (SSSR count). The Hall–Kier alpha value is -4.44. The van der Waals surface area contributed by atoms with Crippen molar-refractivity contribution in [1.29, 1.82) is 0 Å². The second-order valence-electron chi connectivity index (χ2n) is 10.9. The number of nitrogens with zero attached hydrogens (tertiary/aromatic N) is 2. The first-order valence-corrected chi connectivity index (χ1v) is 14.5. The highest BCUT2D eigenvalue weighted by molar-refractivity contribution is 6.02. The van der Waals surface area contributed by atoms with Gasteiger partial charge in [-0.1, -0.05) is 30.3 Å². The number of primary amides is 1. The van der Waals surface area contributed by atoms with E-state index in [-0.39, 0.29) is 29.9 Å². The number of fused-ring (bicyclic) bond motifs is 2. The molecular weight excluding hydrogens is 532 g/mol. The van der Waals surface area contributed by atoms with E-state index >= 15 is 0 Å². The Morgan fingerprint density at radius 1 is 0.976 bits per heavy atom. The molecule has 0 radical (unpaired) electrons. The van der Waals surface area contributed by atoms with E-state index in [0.29, 0.717) is 42.1 Å². The van der Waals surface area contributed by atoms with Gasteiger partial charge in [0, 0.05) is 62.4 Å². The highest BCUT2D eigenvalue weighted by Gasteiger charge is 2.41. The highest BCUT2D eigenvalue weighted by Crippen LogP contribution is 2.38. The van der Waals surface area contributed by atoms with Crippen LogP contribution in [0.1, 0.15) is 68.7 Å². The van der Waals surface area contributed by atoms with E-state index in [4.69, 9.17) is 10.5 Å². The molecule has 1 aromatic heterocycles. The lowest BCUT2D eigenvalue weighted by molar-refractivity contribution is 0.0923. The van der Waals surface area contributed by atoms with E-state index in [0.717, 1.165) is 43.5 Å². The Morgan fingerprint density at radius 2 is 1.71 bits per heavy atom. The molecule has 2 saturated heterocycles. The van der Waals surface area contributed by atoms with Crippen LogP contribution in [0.4, 0.5) is 11.5 Å². The summed E-state index contributed by atoms with van der Waals surface area (Å²) < 4.78 is 5.08. The topological polar surface area (TPSA) is 139 Å². The molecule has 2 aliphatic rings. The maximum absolute atomic E-state index is 13.2. The van der Waals surface area contributed by atoms with Gasteiger partial charge in [0.25, 0.3) is 17.7 Å². The summed E-state index contributed by atoms with van der Waals surface area (Å²) in [6, 6.07) is 19.0. The average molecular weight is 571 g/mol. The molecule has 5 N–H and O–H groups in total. The summed E-state index contributed by atoms with van der Waals surface area (Å²) >= 11 is 0. The Kier molecular flexibility index (Phi) is 9.33. The van der Waals surface area contributed by atoms with Gasteiger partial charge in [0.1, 0.15) is 5.82 Å². The molecule has 3 aromatic rings. The normalized spacial score (nSPS) is 19.3. The fourth-order valence-electron chi connectivity index (χ4n) is 5.98. The van der Waals surface area contributed by atoms with Gasteiger partial charge in [-0.25, -0.2) is 4.98 Å². The number of nitrogens with one attached hydrogen (secondary N) is 3. The molecule has 2 aromatic carbocycles. The Morgan fingerprint density at radius 3 is 2.38 bits per heavy atom. The Bertz CT molecular complexity index is 1380. The fraction of sp³-hybridized carbons (Fsp3) is 0.375. The van der Waals surface area contributed by atoms with Crippen molar-refractivity contribution in [3.05, 3.63) is 89.1 Å². The van der Waals surface area contributed by atoms with Gasteiger partial charge >= 0.3 is 0 Å². The van der Waals surface area contributed by atoms with Gasteiger partial charge in [0.05, 0.1) is 11.1 Å². The Labute approximate surface area is 246 Å². The number of hydrogen-bond donors (Lipinski definition) is 4. The second-order valence-corrected chi connectivity index (χ2v) is 10.9. The van der Waals surface area contributed by atoms with Gasteiger partial charge in [0.2, 0.25) is 0 Å². The van der Waals surface area contributed by atoms with Gasteiger partial charge in [0.15, 0.2) is 0 Å². The fourth-order valence-corrected chi connectivity index (χ4v) is 5.98. The standard InChI is InChI=1S/C32H38N6O4/c1-42-15-5-14-34-28-16-22(8-12-27(28)30(33)39)32(41)37-24-17-25-10-11-26(18-24)38(25)29-13-9-23(20-35-29)31(40)36-19-21-6-3-2-4-7-21/h2-4,6-9,12-13,16,20,24-26,34H,5,10-11,14-15,17-19H2,1H3,(H2,33,39)(H,36,40)(H,37,41). The zero-order valence-electron chi connectivity index (χ0n) is 23.8. The van der Waals surface area contributed by atoms with Gasteiger partial charge < -0.3 is 31.3 Å². The second kappa shape index (κ2) is 13.5. The van der Waals surface area contributed by atoms with Crippen LogP contribution in [0.25, 0.3) is 0 Å². The van der Waals surface area contributed by atoms with Crippen molar-refractivity contribution in [2.24, 2.45) is 5.73 Å². The van der Waals surface area contributed by atoms with Crippen molar-refractivity contribution >= 4 is 29.2 Å². The minimum atomic E-state index is -0.547. The molecule has 3 amide bonds. The molecule has 220 valence electrons. The SMILES string of the molecule is COCCCNc1cc(C(=O)NC2CC3CCC(C2)N3c2ccc(C(=O)NCc3ccccc3)cn2)ccc1C(N)=O. The summed E-state index contributed by atoms with van der Waals surface area (Å²) in [5.41, 5.74) is 8.49. The molecule has 0 spiro atoms. The molecule has 3 heterocycles. The molecule has 0 aliphatic carbocycles. The first-order valence-electron chi connectivity index (χ1n) is 14.5. The van der Waals surface area contributed by atoms with Crippen LogP contribution < -0.4 is 26.6 Å². The van der Waals surface area contributed by atoms with Crippen molar-refractivity contribution in [2.45, 2.75) is 56.8 Å². The van der Waals surface area contributed by atoms with Crippen LogP contribution in [0.2, 0.25) is 0 Å². The molecule has 10 heteroatoms. The number of hydrogen-bond acceptors (Lipinski definition) is 7. The lowest BCUT2D eigenvalue weighted by atomic mass is 9.96. The van der Waals surface area contributed by atoms with Crippen LogP contribution in [0.3, 0.4) is 0 Å². The molecule has 2 fully saturated rings. The largest absolute Gasteiger partial charge is 0.385 e. The van der Waals surface area contributed by atoms with Crippen molar-refractivity contribution < 1.29 is 19.1 Å². The van der Waals surface area contributed by atoms with E-state index in [1.807, 2.05) is 42.5 Å². The Balaban J connectivity index is 1.18. The van der Waals surface area contributed by atoms with Gasteiger partial charge in [-0.15, -0.1) is 0 Å². The molecule has 2 bridgehead atoms. The summed E-state index contributed by atoms with van der Waals surface area (Å²) in [6.07, 6.45) is 6.07. The van der Waals surface area contributed by atoms with Crippen LogP contribution in [-0.4, -0.2) is 61.1 Å². The number of aromatic nitrogens is 1. The molecular formula is C32H38N6O4. The van der Waals surface area contributed by atoms with Crippen LogP contribution in [0, 0.1) is 0 Å². The summed E-state index contributed by atoms with van der Waals surface area (Å²) in [5.74, 6) is -0.0139. The van der Waals surface area contributed by atoms with E-state index in [1.54, 1.807) is 31.5 Å². The number of carbonyl (C=O) groups is 3. The summed E-state index contributed by atoms with van der Waals surface area (Å²) in [4.78, 5) is 44.7. The number of amides is 3. The first-order chi connectivity index (χ1) is 20.4. The maximum atomic E-state index is 13.2. The molecule has 0 saturated carbocycles. The van der Waals surface area contributed by atoms with E-state index in [1.165, 1.54) is 0 Å². The number of benzene rings is 2. The van der Waals surface area contributed by atoms with Crippen LogP contribution in [0.15, 0.2) is 66.9 Å².